The first-order valence-electron chi connectivity index (χ1n) is 8.72. The van der Waals surface area contributed by atoms with E-state index in [-0.39, 0.29) is 11.5 Å². The topological polar surface area (TPSA) is 64.0 Å². The van der Waals surface area contributed by atoms with Crippen molar-refractivity contribution in [1.82, 2.24) is 9.55 Å². The fraction of sp³-hybridized carbons (Fsp3) is 0.250. The van der Waals surface area contributed by atoms with Crippen LogP contribution < -0.4 is 10.9 Å². The molecule has 1 aliphatic heterocycles. The molecule has 1 aliphatic rings. The number of hydrogen-bond acceptors (Lipinski definition) is 3. The van der Waals surface area contributed by atoms with Crippen molar-refractivity contribution < 1.29 is 9.18 Å². The Kier molecular flexibility index (Phi) is 4.24. The first kappa shape index (κ1) is 16.4. The van der Waals surface area contributed by atoms with E-state index in [9.17, 15) is 14.0 Å². The SMILES string of the molecule is O=C(Nc1ccc2nc3n(c(=O)c2c1)CCCCC3)c1ccc(F)cc1. The molecule has 132 valence electrons. The Hall–Kier alpha value is -3.02. The van der Waals surface area contributed by atoms with Crippen LogP contribution in [-0.4, -0.2) is 15.5 Å². The third-order valence-electron chi connectivity index (χ3n) is 4.68. The van der Waals surface area contributed by atoms with Gasteiger partial charge in [-0.3, -0.25) is 14.2 Å². The summed E-state index contributed by atoms with van der Waals surface area (Å²) in [5.41, 5.74) is 1.44. The molecule has 0 spiro atoms. The van der Waals surface area contributed by atoms with Crippen LogP contribution in [0.15, 0.2) is 47.3 Å². The van der Waals surface area contributed by atoms with Crippen LogP contribution in [0.3, 0.4) is 0 Å². The summed E-state index contributed by atoms with van der Waals surface area (Å²) in [6, 6.07) is 10.4. The summed E-state index contributed by atoms with van der Waals surface area (Å²) in [5.74, 6) is 0.0855. The third-order valence-corrected chi connectivity index (χ3v) is 4.68. The highest BCUT2D eigenvalue weighted by molar-refractivity contribution is 6.05. The molecule has 0 fully saturated rings. The number of nitrogens with one attached hydrogen (secondary N) is 1. The van der Waals surface area contributed by atoms with Gasteiger partial charge in [-0.05, 0) is 55.3 Å². The van der Waals surface area contributed by atoms with Gasteiger partial charge in [-0.15, -0.1) is 0 Å². The van der Waals surface area contributed by atoms with Crippen LogP contribution >= 0.6 is 0 Å². The lowest BCUT2D eigenvalue weighted by Crippen LogP contribution is -2.24. The van der Waals surface area contributed by atoms with Gasteiger partial charge in [0.15, 0.2) is 0 Å². The second kappa shape index (κ2) is 6.71. The van der Waals surface area contributed by atoms with Crippen molar-refractivity contribution >= 4 is 22.5 Å². The van der Waals surface area contributed by atoms with E-state index in [2.05, 4.69) is 10.3 Å². The van der Waals surface area contributed by atoms with Crippen molar-refractivity contribution in [2.45, 2.75) is 32.2 Å². The molecule has 1 aromatic heterocycles. The van der Waals surface area contributed by atoms with Gasteiger partial charge in [0, 0.05) is 24.2 Å². The minimum absolute atomic E-state index is 0.0650. The number of halogens is 1. The zero-order valence-electron chi connectivity index (χ0n) is 14.2. The molecule has 0 aliphatic carbocycles. The maximum atomic E-state index is 13.0. The first-order chi connectivity index (χ1) is 12.6. The van der Waals surface area contributed by atoms with Gasteiger partial charge >= 0.3 is 0 Å². The number of hydrogen-bond donors (Lipinski definition) is 1. The monoisotopic (exact) mass is 351 g/mol. The molecule has 0 saturated carbocycles. The van der Waals surface area contributed by atoms with Gasteiger partial charge in [0.25, 0.3) is 11.5 Å². The Morgan fingerprint density at radius 3 is 2.69 bits per heavy atom. The lowest BCUT2D eigenvalue weighted by atomic mass is 10.1. The maximum absolute atomic E-state index is 13.0. The highest BCUT2D eigenvalue weighted by Gasteiger charge is 2.14. The number of anilines is 1. The van der Waals surface area contributed by atoms with E-state index in [1.165, 1.54) is 24.3 Å². The highest BCUT2D eigenvalue weighted by Crippen LogP contribution is 2.19. The minimum Gasteiger partial charge on any atom is -0.322 e. The smallest absolute Gasteiger partial charge is 0.261 e. The number of aryl methyl sites for hydroxylation is 1. The Balaban J connectivity index is 1.69. The summed E-state index contributed by atoms with van der Waals surface area (Å²) < 4.78 is 14.7. The number of carbonyl (C=O) groups excluding carboxylic acids is 1. The summed E-state index contributed by atoms with van der Waals surface area (Å²) in [7, 11) is 0. The van der Waals surface area contributed by atoms with Crippen molar-refractivity contribution in [3.63, 3.8) is 0 Å². The zero-order chi connectivity index (χ0) is 18.1. The number of rotatable bonds is 2. The first-order valence-corrected chi connectivity index (χ1v) is 8.72. The summed E-state index contributed by atoms with van der Waals surface area (Å²) >= 11 is 0. The number of aromatic nitrogens is 2. The van der Waals surface area contributed by atoms with Gasteiger partial charge < -0.3 is 5.32 Å². The maximum Gasteiger partial charge on any atom is 0.261 e. The van der Waals surface area contributed by atoms with E-state index in [0.717, 1.165) is 31.5 Å². The number of benzene rings is 2. The fourth-order valence-electron chi connectivity index (χ4n) is 3.30. The molecule has 0 radical (unpaired) electrons. The van der Waals surface area contributed by atoms with Crippen LogP contribution in [0.4, 0.5) is 10.1 Å². The van der Waals surface area contributed by atoms with E-state index in [1.54, 1.807) is 22.8 Å². The van der Waals surface area contributed by atoms with Crippen LogP contribution in [0.5, 0.6) is 0 Å². The molecule has 2 aromatic carbocycles. The lowest BCUT2D eigenvalue weighted by molar-refractivity contribution is 0.102. The lowest BCUT2D eigenvalue weighted by Gasteiger charge is -2.11. The summed E-state index contributed by atoms with van der Waals surface area (Å²) in [5, 5.41) is 3.25. The quantitative estimate of drug-likeness (QED) is 0.768. The van der Waals surface area contributed by atoms with Crippen LogP contribution in [0.25, 0.3) is 10.9 Å². The second-order valence-corrected chi connectivity index (χ2v) is 6.49. The molecule has 1 N–H and O–H groups in total. The molecule has 1 amide bonds. The summed E-state index contributed by atoms with van der Waals surface area (Å²) in [6.07, 6.45) is 3.93. The molecular formula is C20H18FN3O2. The van der Waals surface area contributed by atoms with E-state index in [0.29, 0.717) is 28.7 Å². The second-order valence-electron chi connectivity index (χ2n) is 6.49. The Labute approximate surface area is 149 Å². The van der Waals surface area contributed by atoms with Crippen molar-refractivity contribution in [2.24, 2.45) is 0 Å². The Morgan fingerprint density at radius 1 is 1.08 bits per heavy atom. The predicted octanol–water partition coefficient (Wildman–Crippen LogP) is 3.51. The zero-order valence-corrected chi connectivity index (χ0v) is 14.2. The van der Waals surface area contributed by atoms with Gasteiger partial charge in [-0.1, -0.05) is 6.42 Å². The van der Waals surface area contributed by atoms with Crippen molar-refractivity contribution in [2.75, 3.05) is 5.32 Å². The average molecular weight is 351 g/mol. The molecule has 6 heteroatoms. The van der Waals surface area contributed by atoms with E-state index < -0.39 is 5.82 Å². The number of nitrogens with zero attached hydrogens (tertiary/aromatic N) is 2. The number of amides is 1. The predicted molar refractivity (Wildman–Crippen MR) is 97.9 cm³/mol. The molecule has 0 saturated heterocycles. The molecule has 26 heavy (non-hydrogen) atoms. The molecule has 5 nitrogen and oxygen atoms in total. The normalized spacial score (nSPS) is 13.9. The standard InChI is InChI=1S/C20H18FN3O2/c21-14-7-5-13(6-8-14)19(25)22-15-9-10-17-16(12-15)20(26)24-11-3-1-2-4-18(24)23-17/h5-10,12H,1-4,11H2,(H,22,25). The highest BCUT2D eigenvalue weighted by atomic mass is 19.1. The van der Waals surface area contributed by atoms with Crippen molar-refractivity contribution in [3.05, 3.63) is 70.0 Å². The van der Waals surface area contributed by atoms with Crippen LogP contribution in [0.2, 0.25) is 0 Å². The summed E-state index contributed by atoms with van der Waals surface area (Å²) in [4.78, 5) is 29.8. The molecule has 4 rings (SSSR count). The molecule has 0 bridgehead atoms. The Morgan fingerprint density at radius 2 is 1.88 bits per heavy atom. The third kappa shape index (κ3) is 3.10. The molecular weight excluding hydrogens is 333 g/mol. The molecule has 0 unspecified atom stereocenters. The van der Waals surface area contributed by atoms with Gasteiger partial charge in [-0.25, -0.2) is 9.37 Å². The molecule has 0 atom stereocenters. The summed E-state index contributed by atoms with van der Waals surface area (Å²) in [6.45, 7) is 0.684. The van der Waals surface area contributed by atoms with Crippen molar-refractivity contribution in [1.29, 1.82) is 0 Å². The molecule has 2 heterocycles. The minimum atomic E-state index is -0.396. The van der Waals surface area contributed by atoms with Crippen LogP contribution in [0, 0.1) is 5.82 Å². The van der Waals surface area contributed by atoms with Gasteiger partial charge in [0.2, 0.25) is 0 Å². The fourth-order valence-corrected chi connectivity index (χ4v) is 3.30. The van der Waals surface area contributed by atoms with Gasteiger partial charge in [0.1, 0.15) is 11.6 Å². The van der Waals surface area contributed by atoms with Gasteiger partial charge in [-0.2, -0.15) is 0 Å². The van der Waals surface area contributed by atoms with E-state index in [1.807, 2.05) is 0 Å². The van der Waals surface area contributed by atoms with Crippen LogP contribution in [-0.2, 0) is 13.0 Å². The van der Waals surface area contributed by atoms with E-state index in [4.69, 9.17) is 0 Å². The average Bonchev–Trinajstić information content (AvgIpc) is 2.88. The Bertz CT molecular complexity index is 1040. The van der Waals surface area contributed by atoms with Crippen LogP contribution in [0.1, 0.15) is 35.4 Å². The van der Waals surface area contributed by atoms with Gasteiger partial charge in [0.05, 0.1) is 10.9 Å². The van der Waals surface area contributed by atoms with E-state index >= 15 is 0 Å². The largest absolute Gasteiger partial charge is 0.322 e. The molecule has 3 aromatic rings. The van der Waals surface area contributed by atoms with Crippen molar-refractivity contribution in [3.8, 4) is 0 Å². The number of carbonyl (C=O) groups is 1. The number of fused-ring (bicyclic) bond motifs is 2.